The Balaban J connectivity index is 2.09. The number of primary amides is 1. The van der Waals surface area contributed by atoms with Crippen molar-refractivity contribution < 1.29 is 9.59 Å². The van der Waals surface area contributed by atoms with Crippen molar-refractivity contribution in [1.29, 1.82) is 5.26 Å². The van der Waals surface area contributed by atoms with Gasteiger partial charge >= 0.3 is 0 Å². The monoisotopic (exact) mass is 263 g/mol. The van der Waals surface area contributed by atoms with E-state index in [9.17, 15) is 14.9 Å². The van der Waals surface area contributed by atoms with E-state index in [0.717, 1.165) is 32.1 Å². The van der Waals surface area contributed by atoms with Crippen LogP contribution in [0.4, 0.5) is 0 Å². The van der Waals surface area contributed by atoms with Crippen LogP contribution >= 0.6 is 0 Å². The Labute approximate surface area is 113 Å². The zero-order valence-corrected chi connectivity index (χ0v) is 11.2. The van der Waals surface area contributed by atoms with E-state index in [0.29, 0.717) is 25.9 Å². The van der Waals surface area contributed by atoms with Crippen molar-refractivity contribution in [3.05, 3.63) is 0 Å². The molecule has 5 heteroatoms. The molecule has 1 saturated heterocycles. The fraction of sp³-hybridized carbons (Fsp3) is 0.786. The van der Waals surface area contributed by atoms with Gasteiger partial charge in [0, 0.05) is 13.1 Å². The van der Waals surface area contributed by atoms with Crippen molar-refractivity contribution in [2.45, 2.75) is 44.9 Å². The first-order valence-corrected chi connectivity index (χ1v) is 7.09. The van der Waals surface area contributed by atoms with Crippen LogP contribution in [0.15, 0.2) is 0 Å². The predicted molar refractivity (Wildman–Crippen MR) is 69.6 cm³/mol. The molecule has 1 aliphatic heterocycles. The number of carbonyl (C=O) groups excluding carboxylic acids is 2. The predicted octanol–water partition coefficient (Wildman–Crippen LogP) is 1.18. The van der Waals surface area contributed by atoms with E-state index >= 15 is 0 Å². The van der Waals surface area contributed by atoms with Crippen molar-refractivity contribution in [2.75, 3.05) is 13.1 Å². The number of piperidine rings is 1. The molecule has 1 unspecified atom stereocenters. The minimum absolute atomic E-state index is 0.0827. The fourth-order valence-electron chi connectivity index (χ4n) is 3.23. The number of hydrogen-bond donors (Lipinski definition) is 1. The van der Waals surface area contributed by atoms with Gasteiger partial charge in [-0.25, -0.2) is 0 Å². The molecule has 1 aliphatic carbocycles. The zero-order valence-electron chi connectivity index (χ0n) is 11.2. The summed E-state index contributed by atoms with van der Waals surface area (Å²) in [7, 11) is 0. The summed E-state index contributed by atoms with van der Waals surface area (Å²) in [6.07, 6.45) is 5.82. The maximum Gasteiger partial charge on any atom is 0.243 e. The first-order chi connectivity index (χ1) is 9.09. The van der Waals surface area contributed by atoms with Gasteiger partial charge in [-0.2, -0.15) is 5.26 Å². The van der Waals surface area contributed by atoms with Crippen molar-refractivity contribution in [3.63, 3.8) is 0 Å². The molecule has 0 radical (unpaired) electrons. The number of carbonyl (C=O) groups is 2. The van der Waals surface area contributed by atoms with E-state index in [2.05, 4.69) is 6.07 Å². The number of amides is 2. The van der Waals surface area contributed by atoms with Crippen LogP contribution in [0.25, 0.3) is 0 Å². The third-order valence-electron chi connectivity index (χ3n) is 4.44. The molecular weight excluding hydrogens is 242 g/mol. The molecule has 2 amide bonds. The summed E-state index contributed by atoms with van der Waals surface area (Å²) < 4.78 is 0. The standard InChI is InChI=1S/C14H21N3O2/c15-10-14(6-2-1-3-7-14)13(19)17-8-4-5-11(9-17)12(16)18/h11H,1-9H2,(H2,16,18). The third-order valence-corrected chi connectivity index (χ3v) is 4.44. The van der Waals surface area contributed by atoms with Crippen LogP contribution in [0, 0.1) is 22.7 Å². The van der Waals surface area contributed by atoms with Crippen molar-refractivity contribution >= 4 is 11.8 Å². The van der Waals surface area contributed by atoms with Gasteiger partial charge < -0.3 is 10.6 Å². The van der Waals surface area contributed by atoms with Gasteiger partial charge in [0.05, 0.1) is 12.0 Å². The van der Waals surface area contributed by atoms with Crippen molar-refractivity contribution in [2.24, 2.45) is 17.1 Å². The van der Waals surface area contributed by atoms with E-state index in [1.54, 1.807) is 4.90 Å². The van der Waals surface area contributed by atoms with Gasteiger partial charge in [-0.05, 0) is 25.7 Å². The van der Waals surface area contributed by atoms with E-state index < -0.39 is 5.41 Å². The average Bonchev–Trinajstić information content (AvgIpc) is 2.47. The smallest absolute Gasteiger partial charge is 0.243 e. The van der Waals surface area contributed by atoms with Gasteiger partial charge in [0.2, 0.25) is 11.8 Å². The van der Waals surface area contributed by atoms with Crippen LogP contribution < -0.4 is 5.73 Å². The highest BCUT2D eigenvalue weighted by molar-refractivity contribution is 5.86. The lowest BCUT2D eigenvalue weighted by molar-refractivity contribution is -0.143. The fourth-order valence-corrected chi connectivity index (χ4v) is 3.23. The van der Waals surface area contributed by atoms with Crippen LogP contribution in [0.1, 0.15) is 44.9 Å². The summed E-state index contributed by atoms with van der Waals surface area (Å²) in [5, 5.41) is 9.43. The maximum absolute atomic E-state index is 12.6. The van der Waals surface area contributed by atoms with E-state index in [1.807, 2.05) is 0 Å². The van der Waals surface area contributed by atoms with Gasteiger partial charge in [-0.1, -0.05) is 19.3 Å². The normalized spacial score (nSPS) is 26.5. The van der Waals surface area contributed by atoms with Crippen LogP contribution in [0.3, 0.4) is 0 Å². The summed E-state index contributed by atoms with van der Waals surface area (Å²) in [5.41, 5.74) is 4.48. The number of nitriles is 1. The molecule has 2 N–H and O–H groups in total. The van der Waals surface area contributed by atoms with Gasteiger partial charge in [-0.3, -0.25) is 9.59 Å². The van der Waals surface area contributed by atoms with Crippen LogP contribution in [-0.4, -0.2) is 29.8 Å². The summed E-state index contributed by atoms with van der Waals surface area (Å²) in [5.74, 6) is -0.676. The highest BCUT2D eigenvalue weighted by atomic mass is 16.2. The molecule has 0 aromatic carbocycles. The number of nitrogens with two attached hydrogens (primary N) is 1. The van der Waals surface area contributed by atoms with Crippen LogP contribution in [0.2, 0.25) is 0 Å². The zero-order chi connectivity index (χ0) is 13.9. The van der Waals surface area contributed by atoms with E-state index in [1.165, 1.54) is 0 Å². The highest BCUT2D eigenvalue weighted by Crippen LogP contribution is 2.38. The Bertz CT molecular complexity index is 407. The largest absolute Gasteiger partial charge is 0.369 e. The Morgan fingerprint density at radius 1 is 1.21 bits per heavy atom. The number of nitrogens with zero attached hydrogens (tertiary/aromatic N) is 2. The molecule has 5 nitrogen and oxygen atoms in total. The molecule has 0 bridgehead atoms. The molecular formula is C14H21N3O2. The summed E-state index contributed by atoms with van der Waals surface area (Å²) in [6, 6.07) is 2.25. The second-order valence-corrected chi connectivity index (χ2v) is 5.75. The van der Waals surface area contributed by atoms with Crippen LogP contribution in [-0.2, 0) is 9.59 Å². The molecule has 1 saturated carbocycles. The lowest BCUT2D eigenvalue weighted by atomic mass is 9.74. The third kappa shape index (κ3) is 2.73. The first kappa shape index (κ1) is 13.9. The van der Waals surface area contributed by atoms with Crippen molar-refractivity contribution in [1.82, 2.24) is 4.90 Å². The van der Waals surface area contributed by atoms with E-state index in [4.69, 9.17) is 5.73 Å². The maximum atomic E-state index is 12.6. The number of rotatable bonds is 2. The summed E-state index contributed by atoms with van der Waals surface area (Å²) in [4.78, 5) is 25.6. The Hall–Kier alpha value is -1.57. The Morgan fingerprint density at radius 2 is 1.89 bits per heavy atom. The molecule has 0 aromatic heterocycles. The Morgan fingerprint density at radius 3 is 2.47 bits per heavy atom. The van der Waals surface area contributed by atoms with Crippen molar-refractivity contribution in [3.8, 4) is 6.07 Å². The number of likely N-dealkylation sites (tertiary alicyclic amines) is 1. The molecule has 2 aliphatic rings. The first-order valence-electron chi connectivity index (χ1n) is 7.09. The average molecular weight is 263 g/mol. The van der Waals surface area contributed by atoms with E-state index in [-0.39, 0.29) is 17.7 Å². The van der Waals surface area contributed by atoms with Crippen LogP contribution in [0.5, 0.6) is 0 Å². The SMILES string of the molecule is N#CC1(C(=O)N2CCCC(C(N)=O)C2)CCCCC1. The quantitative estimate of drug-likeness (QED) is 0.811. The minimum atomic E-state index is -0.849. The minimum Gasteiger partial charge on any atom is -0.369 e. The van der Waals surface area contributed by atoms with Gasteiger partial charge in [0.15, 0.2) is 0 Å². The number of hydrogen-bond acceptors (Lipinski definition) is 3. The second-order valence-electron chi connectivity index (χ2n) is 5.75. The molecule has 2 fully saturated rings. The molecule has 0 spiro atoms. The molecule has 1 atom stereocenters. The van der Waals surface area contributed by atoms with Gasteiger partial charge in [-0.15, -0.1) is 0 Å². The molecule has 19 heavy (non-hydrogen) atoms. The highest BCUT2D eigenvalue weighted by Gasteiger charge is 2.43. The Kier molecular flexibility index (Phi) is 4.08. The molecule has 0 aromatic rings. The summed E-state index contributed by atoms with van der Waals surface area (Å²) >= 11 is 0. The molecule has 1 heterocycles. The van der Waals surface area contributed by atoms with Gasteiger partial charge in [0.1, 0.15) is 5.41 Å². The summed E-state index contributed by atoms with van der Waals surface area (Å²) in [6.45, 7) is 1.03. The molecule has 2 rings (SSSR count). The topological polar surface area (TPSA) is 87.2 Å². The molecule has 104 valence electrons. The lowest BCUT2D eigenvalue weighted by Gasteiger charge is -2.38. The van der Waals surface area contributed by atoms with Gasteiger partial charge in [0.25, 0.3) is 0 Å². The second kappa shape index (κ2) is 5.60. The lowest BCUT2D eigenvalue weighted by Crippen LogP contribution is -2.50.